The Kier molecular flexibility index (Phi) is 5.19. The van der Waals surface area contributed by atoms with Gasteiger partial charge >= 0.3 is 13.1 Å². The minimum Gasteiger partial charge on any atom is -0.481 e. The van der Waals surface area contributed by atoms with Gasteiger partial charge in [-0.3, -0.25) is 9.78 Å². The van der Waals surface area contributed by atoms with Crippen molar-refractivity contribution in [2.45, 2.75) is 26.1 Å². The second kappa shape index (κ2) is 6.91. The Morgan fingerprint density at radius 1 is 1.48 bits per heavy atom. The molecule has 1 aromatic rings. The number of carbonyl (C=O) groups is 1. The SMILES string of the molecule is Cc1ccncc1N1C[C@H](CCCB(O)O)[C@H](C(=O)O)C1. The first-order valence-electron chi connectivity index (χ1n) is 7.23. The predicted molar refractivity (Wildman–Crippen MR) is 80.0 cm³/mol. The maximum atomic E-state index is 11.4. The van der Waals surface area contributed by atoms with E-state index in [2.05, 4.69) is 9.88 Å². The molecule has 0 amide bonds. The predicted octanol–water partition coefficient (Wildman–Crippen LogP) is 0.780. The van der Waals surface area contributed by atoms with Crippen LogP contribution in [0.1, 0.15) is 18.4 Å². The fraction of sp³-hybridized carbons (Fsp3) is 0.571. The summed E-state index contributed by atoms with van der Waals surface area (Å²) >= 11 is 0. The van der Waals surface area contributed by atoms with Gasteiger partial charge in [0, 0.05) is 19.3 Å². The molecule has 1 aromatic heterocycles. The summed E-state index contributed by atoms with van der Waals surface area (Å²) in [7, 11) is -1.31. The van der Waals surface area contributed by atoms with Crippen molar-refractivity contribution in [3.8, 4) is 0 Å². The number of nitrogens with zero attached hydrogens (tertiary/aromatic N) is 2. The molecular weight excluding hydrogens is 271 g/mol. The number of rotatable bonds is 6. The fourth-order valence-electron chi connectivity index (χ4n) is 2.99. The molecule has 3 N–H and O–H groups in total. The van der Waals surface area contributed by atoms with E-state index in [0.717, 1.165) is 11.3 Å². The maximum absolute atomic E-state index is 11.4. The van der Waals surface area contributed by atoms with Gasteiger partial charge in [-0.05, 0) is 37.2 Å². The van der Waals surface area contributed by atoms with Gasteiger partial charge in [0.1, 0.15) is 0 Å². The minimum atomic E-state index is -1.31. The average molecular weight is 292 g/mol. The highest BCUT2D eigenvalue weighted by Crippen LogP contribution is 2.32. The second-order valence-electron chi connectivity index (χ2n) is 5.68. The average Bonchev–Trinajstić information content (AvgIpc) is 2.83. The zero-order valence-corrected chi connectivity index (χ0v) is 12.1. The van der Waals surface area contributed by atoms with Crippen molar-refractivity contribution in [2.75, 3.05) is 18.0 Å². The third-order valence-corrected chi connectivity index (χ3v) is 4.15. The van der Waals surface area contributed by atoms with E-state index in [-0.39, 0.29) is 12.2 Å². The summed E-state index contributed by atoms with van der Waals surface area (Å²) in [4.78, 5) is 17.6. The molecule has 0 spiro atoms. The Balaban J connectivity index is 2.04. The van der Waals surface area contributed by atoms with Crippen molar-refractivity contribution in [1.29, 1.82) is 0 Å². The number of pyridine rings is 1. The van der Waals surface area contributed by atoms with E-state index in [9.17, 15) is 9.90 Å². The summed E-state index contributed by atoms with van der Waals surface area (Å²) in [5.41, 5.74) is 2.06. The molecule has 114 valence electrons. The molecular formula is C14H21BN2O4. The van der Waals surface area contributed by atoms with Crippen LogP contribution in [0.2, 0.25) is 6.32 Å². The van der Waals surface area contributed by atoms with E-state index >= 15 is 0 Å². The summed E-state index contributed by atoms with van der Waals surface area (Å²) in [6.07, 6.45) is 5.09. The number of aliphatic carboxylic acids is 1. The van der Waals surface area contributed by atoms with Crippen LogP contribution in [-0.2, 0) is 4.79 Å². The monoisotopic (exact) mass is 292 g/mol. The quantitative estimate of drug-likeness (QED) is 0.671. The molecule has 0 unspecified atom stereocenters. The highest BCUT2D eigenvalue weighted by atomic mass is 16.4. The summed E-state index contributed by atoms with van der Waals surface area (Å²) in [6, 6.07) is 1.92. The molecule has 1 saturated heterocycles. The van der Waals surface area contributed by atoms with Gasteiger partial charge in [-0.25, -0.2) is 0 Å². The Labute approximate surface area is 124 Å². The van der Waals surface area contributed by atoms with E-state index in [1.807, 2.05) is 13.0 Å². The zero-order chi connectivity index (χ0) is 15.4. The van der Waals surface area contributed by atoms with Gasteiger partial charge in [-0.2, -0.15) is 0 Å². The standard InChI is InChI=1S/C14H21BN2O4/c1-10-4-6-16-7-13(10)17-8-11(3-2-5-15(20)21)12(9-17)14(18)19/h4,6-7,11-12,20-21H,2-3,5,8-9H2,1H3,(H,18,19)/t11-,12+/m0/s1. The van der Waals surface area contributed by atoms with Gasteiger partial charge in [0.15, 0.2) is 0 Å². The molecule has 6 nitrogen and oxygen atoms in total. The Hall–Kier alpha value is -1.60. The topological polar surface area (TPSA) is 93.9 Å². The van der Waals surface area contributed by atoms with Crippen LogP contribution in [0.3, 0.4) is 0 Å². The number of aromatic nitrogens is 1. The van der Waals surface area contributed by atoms with Crippen LogP contribution in [0.15, 0.2) is 18.5 Å². The van der Waals surface area contributed by atoms with E-state index in [0.29, 0.717) is 25.9 Å². The third-order valence-electron chi connectivity index (χ3n) is 4.15. The molecule has 1 aliphatic heterocycles. The van der Waals surface area contributed by atoms with Gasteiger partial charge in [-0.15, -0.1) is 0 Å². The molecule has 21 heavy (non-hydrogen) atoms. The minimum absolute atomic E-state index is 0.0286. The summed E-state index contributed by atoms with van der Waals surface area (Å²) in [6.45, 7) is 3.14. The molecule has 0 radical (unpaired) electrons. The zero-order valence-electron chi connectivity index (χ0n) is 12.1. The Bertz CT molecular complexity index is 498. The normalized spacial score (nSPS) is 21.6. The first-order chi connectivity index (χ1) is 9.99. The molecule has 0 bridgehead atoms. The lowest BCUT2D eigenvalue weighted by Gasteiger charge is -2.20. The third kappa shape index (κ3) is 3.95. The number of carboxylic acid groups (broad SMARTS) is 1. The van der Waals surface area contributed by atoms with Crippen molar-refractivity contribution >= 4 is 18.8 Å². The van der Waals surface area contributed by atoms with Gasteiger partial charge < -0.3 is 20.1 Å². The number of anilines is 1. The lowest BCUT2D eigenvalue weighted by Crippen LogP contribution is -2.24. The number of hydrogen-bond donors (Lipinski definition) is 3. The summed E-state index contributed by atoms with van der Waals surface area (Å²) in [5, 5.41) is 27.2. The van der Waals surface area contributed by atoms with Crippen LogP contribution < -0.4 is 4.90 Å². The first-order valence-corrected chi connectivity index (χ1v) is 7.23. The Morgan fingerprint density at radius 3 is 2.86 bits per heavy atom. The van der Waals surface area contributed by atoms with Crippen LogP contribution in [0.5, 0.6) is 0 Å². The molecule has 1 fully saturated rings. The molecule has 1 aliphatic rings. The smallest absolute Gasteiger partial charge is 0.451 e. The van der Waals surface area contributed by atoms with E-state index < -0.39 is 19.0 Å². The highest BCUT2D eigenvalue weighted by Gasteiger charge is 2.37. The van der Waals surface area contributed by atoms with Crippen molar-refractivity contribution in [3.05, 3.63) is 24.0 Å². The molecule has 0 aliphatic carbocycles. The highest BCUT2D eigenvalue weighted by molar-refractivity contribution is 6.40. The van der Waals surface area contributed by atoms with Gasteiger partial charge in [0.2, 0.25) is 0 Å². The number of aryl methyl sites for hydroxylation is 1. The van der Waals surface area contributed by atoms with Crippen LogP contribution in [0.4, 0.5) is 5.69 Å². The van der Waals surface area contributed by atoms with Gasteiger partial charge in [-0.1, -0.05) is 6.42 Å². The maximum Gasteiger partial charge on any atom is 0.451 e. The lowest BCUT2D eigenvalue weighted by molar-refractivity contribution is -0.142. The number of hydrogen-bond acceptors (Lipinski definition) is 5. The van der Waals surface area contributed by atoms with E-state index in [1.54, 1.807) is 12.4 Å². The van der Waals surface area contributed by atoms with Crippen molar-refractivity contribution < 1.29 is 19.9 Å². The second-order valence-corrected chi connectivity index (χ2v) is 5.68. The summed E-state index contributed by atoms with van der Waals surface area (Å²) < 4.78 is 0. The summed E-state index contributed by atoms with van der Waals surface area (Å²) in [5.74, 6) is -1.17. The van der Waals surface area contributed by atoms with Crippen molar-refractivity contribution in [2.24, 2.45) is 11.8 Å². The molecule has 0 saturated carbocycles. The molecule has 0 aromatic carbocycles. The van der Waals surface area contributed by atoms with Crippen LogP contribution in [0, 0.1) is 18.8 Å². The van der Waals surface area contributed by atoms with Crippen LogP contribution >= 0.6 is 0 Å². The van der Waals surface area contributed by atoms with Crippen LogP contribution in [0.25, 0.3) is 0 Å². The van der Waals surface area contributed by atoms with Crippen molar-refractivity contribution in [3.63, 3.8) is 0 Å². The molecule has 2 rings (SSSR count). The van der Waals surface area contributed by atoms with Crippen LogP contribution in [-0.4, -0.2) is 46.3 Å². The molecule has 2 atom stereocenters. The number of carboxylic acids is 1. The molecule has 2 heterocycles. The molecule has 7 heteroatoms. The Morgan fingerprint density at radius 2 is 2.24 bits per heavy atom. The van der Waals surface area contributed by atoms with Crippen molar-refractivity contribution in [1.82, 2.24) is 4.98 Å². The van der Waals surface area contributed by atoms with E-state index in [1.165, 1.54) is 0 Å². The van der Waals surface area contributed by atoms with Gasteiger partial charge in [0.05, 0.1) is 17.8 Å². The van der Waals surface area contributed by atoms with Gasteiger partial charge in [0.25, 0.3) is 0 Å². The fourth-order valence-corrected chi connectivity index (χ4v) is 2.99. The first kappa shape index (κ1) is 15.8. The van der Waals surface area contributed by atoms with E-state index in [4.69, 9.17) is 10.0 Å². The largest absolute Gasteiger partial charge is 0.481 e. The lowest BCUT2D eigenvalue weighted by atomic mass is 9.80.